The molecule has 0 amide bonds. The van der Waals surface area contributed by atoms with Gasteiger partial charge in [-0.2, -0.15) is 5.26 Å². The van der Waals surface area contributed by atoms with E-state index in [2.05, 4.69) is 11.1 Å². The molecule has 0 saturated heterocycles. The zero-order valence-electron chi connectivity index (χ0n) is 10.7. The SMILES string of the molecule is N#Cc1c(N)sc2c1CCN(c1ncc(S(N)(=O)=O)s1)C2. The number of nitrogen functional groups attached to an aromatic ring is 1. The van der Waals surface area contributed by atoms with Gasteiger partial charge in [0.1, 0.15) is 11.1 Å². The lowest BCUT2D eigenvalue weighted by molar-refractivity contribution is 0.599. The highest BCUT2D eigenvalue weighted by molar-refractivity contribution is 7.91. The van der Waals surface area contributed by atoms with Crippen LogP contribution in [0.15, 0.2) is 10.4 Å². The zero-order chi connectivity index (χ0) is 15.2. The number of sulfonamides is 1. The number of fused-ring (bicyclic) bond motifs is 1. The molecule has 0 radical (unpaired) electrons. The lowest BCUT2D eigenvalue weighted by atomic mass is 10.0. The first-order valence-electron chi connectivity index (χ1n) is 5.94. The van der Waals surface area contributed by atoms with E-state index in [0.717, 1.165) is 21.8 Å². The minimum atomic E-state index is -3.72. The fourth-order valence-corrected chi connectivity index (χ4v) is 4.89. The van der Waals surface area contributed by atoms with Crippen LogP contribution in [0, 0.1) is 11.3 Å². The van der Waals surface area contributed by atoms with Crippen LogP contribution in [0.25, 0.3) is 0 Å². The van der Waals surface area contributed by atoms with Crippen LogP contribution in [-0.4, -0.2) is 19.9 Å². The van der Waals surface area contributed by atoms with Crippen LogP contribution in [0.4, 0.5) is 10.1 Å². The van der Waals surface area contributed by atoms with Crippen molar-refractivity contribution in [2.45, 2.75) is 17.2 Å². The van der Waals surface area contributed by atoms with Gasteiger partial charge in [-0.15, -0.1) is 11.3 Å². The van der Waals surface area contributed by atoms with Crippen molar-refractivity contribution in [1.82, 2.24) is 4.98 Å². The molecule has 0 saturated carbocycles. The molecule has 1 aliphatic heterocycles. The van der Waals surface area contributed by atoms with Gasteiger partial charge in [0.2, 0.25) is 10.0 Å². The number of anilines is 2. The summed E-state index contributed by atoms with van der Waals surface area (Å²) in [6, 6.07) is 2.14. The fraction of sp³-hybridized carbons (Fsp3) is 0.273. The van der Waals surface area contributed by atoms with Crippen LogP contribution < -0.4 is 15.8 Å². The third kappa shape index (κ3) is 2.49. The second-order valence-corrected chi connectivity index (χ2v) is 8.47. The summed E-state index contributed by atoms with van der Waals surface area (Å²) in [6.45, 7) is 1.23. The Bertz CT molecular complexity index is 846. The molecule has 3 rings (SSSR count). The lowest BCUT2D eigenvalue weighted by Crippen LogP contribution is -2.29. The first kappa shape index (κ1) is 14.3. The Morgan fingerprint density at radius 3 is 2.81 bits per heavy atom. The van der Waals surface area contributed by atoms with Crippen molar-refractivity contribution in [1.29, 1.82) is 5.26 Å². The second-order valence-electron chi connectivity index (χ2n) is 4.53. The molecule has 0 atom stereocenters. The van der Waals surface area contributed by atoms with E-state index in [1.165, 1.54) is 17.5 Å². The largest absolute Gasteiger partial charge is 0.389 e. The van der Waals surface area contributed by atoms with Gasteiger partial charge in [0.15, 0.2) is 9.34 Å². The van der Waals surface area contributed by atoms with Crippen molar-refractivity contribution in [3.05, 3.63) is 22.2 Å². The van der Waals surface area contributed by atoms with Crippen LogP contribution in [-0.2, 0) is 23.0 Å². The standard InChI is InChI=1S/C11H11N5O2S3/c12-3-7-6-1-2-16(5-8(6)19-10(7)13)11-15-4-9(20-11)21(14,17)18/h4H,1-2,5,13H2,(H2,14,17,18). The fourth-order valence-electron chi connectivity index (χ4n) is 2.24. The smallest absolute Gasteiger partial charge is 0.249 e. The molecule has 0 aliphatic carbocycles. The van der Waals surface area contributed by atoms with Gasteiger partial charge in [0.05, 0.1) is 18.3 Å². The highest BCUT2D eigenvalue weighted by Crippen LogP contribution is 2.37. The van der Waals surface area contributed by atoms with E-state index < -0.39 is 10.0 Å². The van der Waals surface area contributed by atoms with Gasteiger partial charge < -0.3 is 10.6 Å². The van der Waals surface area contributed by atoms with E-state index in [-0.39, 0.29) is 4.21 Å². The molecule has 0 spiro atoms. The van der Waals surface area contributed by atoms with Gasteiger partial charge in [0.25, 0.3) is 0 Å². The number of rotatable bonds is 2. The summed E-state index contributed by atoms with van der Waals surface area (Å²) < 4.78 is 22.6. The third-order valence-electron chi connectivity index (χ3n) is 3.22. The molecule has 0 unspecified atom stereocenters. The molecule has 110 valence electrons. The molecule has 0 bridgehead atoms. The Hall–Kier alpha value is -1.67. The number of nitriles is 1. The molecule has 7 nitrogen and oxygen atoms in total. The van der Waals surface area contributed by atoms with Crippen LogP contribution in [0.1, 0.15) is 16.0 Å². The normalized spacial score (nSPS) is 14.8. The Labute approximate surface area is 129 Å². The monoisotopic (exact) mass is 341 g/mol. The van der Waals surface area contributed by atoms with Crippen molar-refractivity contribution in [2.24, 2.45) is 5.14 Å². The summed E-state index contributed by atoms with van der Waals surface area (Å²) >= 11 is 2.45. The van der Waals surface area contributed by atoms with Crippen LogP contribution in [0.2, 0.25) is 0 Å². The van der Waals surface area contributed by atoms with E-state index in [1.807, 2.05) is 4.90 Å². The van der Waals surface area contributed by atoms with Crippen molar-refractivity contribution in [3.8, 4) is 6.07 Å². The number of thiazole rings is 1. The molecule has 0 aromatic carbocycles. The molecular formula is C11H11N5O2S3. The Morgan fingerprint density at radius 1 is 1.43 bits per heavy atom. The number of primary sulfonamides is 1. The number of nitrogens with zero attached hydrogens (tertiary/aromatic N) is 3. The molecule has 3 heterocycles. The van der Waals surface area contributed by atoms with Gasteiger partial charge in [-0.3, -0.25) is 0 Å². The van der Waals surface area contributed by atoms with Crippen molar-refractivity contribution in [3.63, 3.8) is 0 Å². The first-order chi connectivity index (χ1) is 9.90. The summed E-state index contributed by atoms with van der Waals surface area (Å²) in [4.78, 5) is 7.12. The van der Waals surface area contributed by atoms with Crippen molar-refractivity contribution >= 4 is 42.8 Å². The van der Waals surface area contributed by atoms with Gasteiger partial charge >= 0.3 is 0 Å². The molecule has 1 aliphatic rings. The molecule has 10 heteroatoms. The van der Waals surface area contributed by atoms with Crippen molar-refractivity contribution in [2.75, 3.05) is 17.2 Å². The van der Waals surface area contributed by atoms with Crippen LogP contribution >= 0.6 is 22.7 Å². The van der Waals surface area contributed by atoms with E-state index in [1.54, 1.807) is 0 Å². The summed E-state index contributed by atoms with van der Waals surface area (Å²) in [7, 11) is -3.72. The highest BCUT2D eigenvalue weighted by atomic mass is 32.2. The Kier molecular flexibility index (Phi) is 3.37. The van der Waals surface area contributed by atoms with Gasteiger partial charge in [-0.05, 0) is 12.0 Å². The summed E-state index contributed by atoms with van der Waals surface area (Å²) in [5.41, 5.74) is 7.41. The van der Waals surface area contributed by atoms with E-state index in [9.17, 15) is 8.42 Å². The number of aromatic nitrogens is 1. The zero-order valence-corrected chi connectivity index (χ0v) is 13.2. The van der Waals surface area contributed by atoms with Crippen LogP contribution in [0.3, 0.4) is 0 Å². The molecular weight excluding hydrogens is 330 g/mol. The van der Waals surface area contributed by atoms with E-state index >= 15 is 0 Å². The van der Waals surface area contributed by atoms with Crippen LogP contribution in [0.5, 0.6) is 0 Å². The average molecular weight is 341 g/mol. The second kappa shape index (κ2) is 4.96. The van der Waals surface area contributed by atoms with E-state index in [4.69, 9.17) is 16.1 Å². The molecule has 0 fully saturated rings. The minimum Gasteiger partial charge on any atom is -0.389 e. The number of nitrogens with two attached hydrogens (primary N) is 2. The number of thiophene rings is 1. The number of hydrogen-bond donors (Lipinski definition) is 2. The van der Waals surface area contributed by atoms with Crippen molar-refractivity contribution < 1.29 is 8.42 Å². The first-order valence-corrected chi connectivity index (χ1v) is 9.11. The molecule has 2 aromatic heterocycles. The predicted molar refractivity (Wildman–Crippen MR) is 81.7 cm³/mol. The maximum atomic E-state index is 11.3. The van der Waals surface area contributed by atoms with Gasteiger partial charge in [0, 0.05) is 11.4 Å². The molecule has 2 aromatic rings. The number of hydrogen-bond acceptors (Lipinski definition) is 8. The van der Waals surface area contributed by atoms with E-state index in [0.29, 0.717) is 35.2 Å². The Balaban J connectivity index is 1.90. The van der Waals surface area contributed by atoms with Gasteiger partial charge in [-0.25, -0.2) is 18.5 Å². The maximum Gasteiger partial charge on any atom is 0.249 e. The summed E-state index contributed by atoms with van der Waals surface area (Å²) in [6.07, 6.45) is 1.96. The average Bonchev–Trinajstić information content (AvgIpc) is 3.00. The van der Waals surface area contributed by atoms with Gasteiger partial charge in [-0.1, -0.05) is 11.3 Å². The summed E-state index contributed by atoms with van der Waals surface area (Å²) in [5.74, 6) is 0. The molecule has 4 N–H and O–H groups in total. The lowest BCUT2D eigenvalue weighted by Gasteiger charge is -2.26. The summed E-state index contributed by atoms with van der Waals surface area (Å²) in [5, 5.41) is 15.3. The maximum absolute atomic E-state index is 11.3. The minimum absolute atomic E-state index is 0.0479. The Morgan fingerprint density at radius 2 is 2.19 bits per heavy atom. The molecule has 21 heavy (non-hydrogen) atoms. The topological polar surface area (TPSA) is 126 Å². The predicted octanol–water partition coefficient (Wildman–Crippen LogP) is 0.869. The highest BCUT2D eigenvalue weighted by Gasteiger charge is 2.25. The quantitative estimate of drug-likeness (QED) is 0.834. The third-order valence-corrected chi connectivity index (χ3v) is 6.73.